The van der Waals surface area contributed by atoms with E-state index >= 15 is 0 Å². The molecule has 0 aromatic heterocycles. The van der Waals surface area contributed by atoms with Crippen LogP contribution in [0.4, 0.5) is 0 Å². The fraction of sp³-hybridized carbons (Fsp3) is 0. The summed E-state index contributed by atoms with van der Waals surface area (Å²) in [4.78, 5) is 18.9. The molecule has 0 saturated heterocycles. The van der Waals surface area contributed by atoms with Gasteiger partial charge in [-0.25, -0.2) is 0 Å². The van der Waals surface area contributed by atoms with Crippen LogP contribution < -0.4 is 9.79 Å². The first kappa shape index (κ1) is 17.0. The van der Waals surface area contributed by atoms with Crippen LogP contribution in [0.25, 0.3) is 0 Å². The molecule has 0 saturated carbocycles. The van der Waals surface area contributed by atoms with Gasteiger partial charge in [-0.1, -0.05) is 9.13 Å². The minimum atomic E-state index is -2.82. The van der Waals surface area contributed by atoms with Gasteiger partial charge in [0, 0.05) is 18.9 Å². The van der Waals surface area contributed by atoms with Crippen LogP contribution in [-0.2, 0) is 9.13 Å². The first-order chi connectivity index (χ1) is 3.13. The van der Waals surface area contributed by atoms with E-state index in [1.165, 1.54) is 0 Å². The van der Waals surface area contributed by atoms with Gasteiger partial charge in [-0.2, -0.15) is 0 Å². The molecule has 0 amide bonds. The quantitative estimate of drug-likeness (QED) is 0.406. The Balaban J connectivity index is -0.000000180. The fourth-order valence-corrected chi connectivity index (χ4v) is 1.47. The van der Waals surface area contributed by atoms with E-state index in [4.69, 9.17) is 0 Å². The van der Waals surface area contributed by atoms with Crippen LogP contribution in [0.2, 0.25) is 0 Å². The number of hydrogen-bond donors (Lipinski definition) is 0. The molecule has 0 aromatic rings. The maximum Gasteiger partial charge on any atom is 0.438 e. The van der Waals surface area contributed by atoms with Crippen LogP contribution in [0, 0.1) is 0 Å². The standard InChI is InChI=1S/HI.Li.O4P2S/c;;1-5(2)7-6(3)4/h1H;;. The van der Waals surface area contributed by atoms with Crippen molar-refractivity contribution in [3.05, 3.63) is 0 Å². The van der Waals surface area contributed by atoms with Gasteiger partial charge >= 0.3 is 25.5 Å². The van der Waals surface area contributed by atoms with Crippen molar-refractivity contribution in [1.29, 1.82) is 0 Å². The molecule has 0 bridgehead atoms. The summed E-state index contributed by atoms with van der Waals surface area (Å²) in [6.45, 7) is 0. The molecule has 0 aliphatic carbocycles. The molecule has 2 unspecified atom stereocenters. The van der Waals surface area contributed by atoms with Crippen LogP contribution in [0.15, 0.2) is 0 Å². The van der Waals surface area contributed by atoms with Crippen molar-refractivity contribution in [2.75, 3.05) is 0 Å². The minimum absolute atomic E-state index is 0. The molecule has 0 N–H and O–H groups in total. The molecule has 0 aliphatic rings. The molecule has 9 heteroatoms. The van der Waals surface area contributed by atoms with Crippen molar-refractivity contribution >= 4 is 68.3 Å². The molecule has 49 valence electrons. The topological polar surface area (TPSA) is 80.3 Å². The molecule has 0 aromatic carbocycles. The third kappa shape index (κ3) is 17.7. The Morgan fingerprint density at radius 3 is 1.33 bits per heavy atom. The predicted molar refractivity (Wildman–Crippen MR) is 44.0 cm³/mol. The van der Waals surface area contributed by atoms with Crippen molar-refractivity contribution < 1.29 is 18.9 Å². The van der Waals surface area contributed by atoms with Crippen molar-refractivity contribution in [3.63, 3.8) is 0 Å². The molecular weight excluding hydrogens is 292 g/mol. The number of halogens is 1. The van der Waals surface area contributed by atoms with E-state index in [1.54, 1.807) is 0 Å². The maximum atomic E-state index is 9.43. The Hall–Kier alpha value is 1.80. The summed E-state index contributed by atoms with van der Waals surface area (Å²) in [6.07, 6.45) is 0. The zero-order valence-corrected chi connectivity index (χ0v) is 9.28. The number of hydrogen-bond acceptors (Lipinski definition) is 5. The van der Waals surface area contributed by atoms with Crippen LogP contribution in [0.1, 0.15) is 0 Å². The second-order valence-electron chi connectivity index (χ2n) is 0.529. The molecule has 0 spiro atoms. The normalized spacial score (nSPS) is 10.4. The van der Waals surface area contributed by atoms with Crippen molar-refractivity contribution in [2.45, 2.75) is 0 Å². The van der Waals surface area contributed by atoms with Gasteiger partial charge in [0.05, 0.1) is 0 Å². The van der Waals surface area contributed by atoms with Gasteiger partial charge < -0.3 is 9.79 Å². The van der Waals surface area contributed by atoms with E-state index < -0.39 is 14.5 Å². The third-order valence-corrected chi connectivity index (χ3v) is 3.60. The van der Waals surface area contributed by atoms with Gasteiger partial charge in [0.25, 0.3) is 0 Å². The average molecular weight is 293 g/mol. The monoisotopic (exact) mass is 293 g/mol. The molecule has 4 nitrogen and oxygen atoms in total. The van der Waals surface area contributed by atoms with Gasteiger partial charge in [0.1, 0.15) is 0 Å². The van der Waals surface area contributed by atoms with E-state index in [2.05, 4.69) is 0 Å². The van der Waals surface area contributed by atoms with Crippen LogP contribution >= 0.6 is 49.4 Å². The molecule has 9 heavy (non-hydrogen) atoms. The first-order valence-electron chi connectivity index (χ1n) is 1.10. The average Bonchev–Trinajstić information content (AvgIpc) is 1.27. The van der Waals surface area contributed by atoms with Gasteiger partial charge in [-0.3, -0.25) is 0 Å². The second-order valence-corrected chi connectivity index (χ2v) is 5.34. The van der Waals surface area contributed by atoms with Crippen LogP contribution in [-0.4, -0.2) is 18.9 Å². The molecule has 0 heterocycles. The minimum Gasteiger partial charge on any atom is -0.581 e. The maximum absolute atomic E-state index is 9.43. The van der Waals surface area contributed by atoms with E-state index in [0.717, 1.165) is 0 Å². The van der Waals surface area contributed by atoms with Gasteiger partial charge in [0.2, 0.25) is 0 Å². The third-order valence-electron chi connectivity index (χ3n) is 0.133. The van der Waals surface area contributed by atoms with Crippen LogP contribution in [0.3, 0.4) is 0 Å². The van der Waals surface area contributed by atoms with Crippen molar-refractivity contribution in [1.82, 2.24) is 0 Å². The van der Waals surface area contributed by atoms with Crippen LogP contribution in [0.5, 0.6) is 0 Å². The first-order valence-corrected chi connectivity index (χ1v) is 5.48. The summed E-state index contributed by atoms with van der Waals surface area (Å²) >= 11 is -0.0833. The molecule has 1 radical (unpaired) electrons. The molecule has 0 aliphatic heterocycles. The predicted octanol–water partition coefficient (Wildman–Crippen LogP) is -0.00780. The molecule has 0 fully saturated rings. The largest absolute Gasteiger partial charge is 0.581 e. The van der Waals surface area contributed by atoms with Gasteiger partial charge in [-0.05, 0) is 0 Å². The Kier molecular flexibility index (Phi) is 18.6. The summed E-state index contributed by atoms with van der Waals surface area (Å²) in [7, 11) is -5.64. The Morgan fingerprint density at radius 2 is 1.33 bits per heavy atom. The fourth-order valence-electron chi connectivity index (χ4n) is 0.0544. The van der Waals surface area contributed by atoms with Crippen molar-refractivity contribution in [2.24, 2.45) is 0 Å². The second kappa shape index (κ2) is 9.80. The SMILES string of the molecule is I.O=[P+]([O-])S[P+](=O)[O-].[Li]. The van der Waals surface area contributed by atoms with E-state index in [0.29, 0.717) is 0 Å². The van der Waals surface area contributed by atoms with E-state index in [9.17, 15) is 18.9 Å². The van der Waals surface area contributed by atoms with Gasteiger partial charge in [0.15, 0.2) is 0 Å². The summed E-state index contributed by atoms with van der Waals surface area (Å²) in [5.41, 5.74) is 0. The summed E-state index contributed by atoms with van der Waals surface area (Å²) in [6, 6.07) is 0. The Morgan fingerprint density at radius 1 is 1.11 bits per heavy atom. The molecule has 0 rings (SSSR count). The van der Waals surface area contributed by atoms with Gasteiger partial charge in [-0.15, -0.1) is 24.0 Å². The number of rotatable bonds is 2. The zero-order chi connectivity index (χ0) is 5.86. The smallest absolute Gasteiger partial charge is 0.438 e. The zero-order valence-electron chi connectivity index (χ0n) is 4.34. The van der Waals surface area contributed by atoms with E-state index in [-0.39, 0.29) is 53.8 Å². The van der Waals surface area contributed by atoms with Crippen molar-refractivity contribution in [3.8, 4) is 0 Å². The van der Waals surface area contributed by atoms with E-state index in [1.807, 2.05) is 0 Å². The molecule has 2 atom stereocenters. The Labute approximate surface area is 86.6 Å². The molecular formula is HILiO4P2S. The summed E-state index contributed by atoms with van der Waals surface area (Å²) < 4.78 is 18.9. The Bertz CT molecular complexity index is 94.7. The summed E-state index contributed by atoms with van der Waals surface area (Å²) in [5, 5.41) is 0. The summed E-state index contributed by atoms with van der Waals surface area (Å²) in [5.74, 6) is 0.